The Morgan fingerprint density at radius 1 is 1.19 bits per heavy atom. The van der Waals surface area contributed by atoms with Crippen LogP contribution in [0.4, 0.5) is 4.39 Å². The van der Waals surface area contributed by atoms with Crippen LogP contribution >= 0.6 is 0 Å². The van der Waals surface area contributed by atoms with Crippen LogP contribution in [0, 0.1) is 12.7 Å². The Morgan fingerprint density at radius 2 is 1.96 bits per heavy atom. The van der Waals surface area contributed by atoms with E-state index in [9.17, 15) is 9.18 Å². The number of hydrogen-bond acceptors (Lipinski definition) is 4. The van der Waals surface area contributed by atoms with E-state index in [0.29, 0.717) is 48.2 Å². The summed E-state index contributed by atoms with van der Waals surface area (Å²) in [6, 6.07) is 11.9. The predicted molar refractivity (Wildman–Crippen MR) is 96.9 cm³/mol. The van der Waals surface area contributed by atoms with Gasteiger partial charge in [0.1, 0.15) is 24.7 Å². The molecule has 0 bridgehead atoms. The maximum Gasteiger partial charge on any atom is 0.255 e. The Hall–Kier alpha value is -3.35. The SMILES string of the molecule is Cc1c(C(=O)NCc2ccc3c(c2)OCCO3)cnn1-c1ccccc1F. The van der Waals surface area contributed by atoms with Crippen molar-refractivity contribution < 1.29 is 18.7 Å². The van der Waals surface area contributed by atoms with Crippen LogP contribution in [0.25, 0.3) is 5.69 Å². The molecule has 1 aromatic heterocycles. The zero-order chi connectivity index (χ0) is 18.8. The molecular formula is C20H18FN3O3. The van der Waals surface area contributed by atoms with Gasteiger partial charge in [-0.2, -0.15) is 5.10 Å². The summed E-state index contributed by atoms with van der Waals surface area (Å²) in [4.78, 5) is 12.5. The number of nitrogens with one attached hydrogen (secondary N) is 1. The lowest BCUT2D eigenvalue weighted by molar-refractivity contribution is 0.0950. The Labute approximate surface area is 155 Å². The zero-order valence-corrected chi connectivity index (χ0v) is 14.7. The van der Waals surface area contributed by atoms with Crippen LogP contribution in [0.15, 0.2) is 48.7 Å². The molecule has 0 atom stereocenters. The third-order valence-electron chi connectivity index (χ3n) is 4.39. The third kappa shape index (κ3) is 3.36. The van der Waals surface area contributed by atoms with Crippen molar-refractivity contribution in [1.82, 2.24) is 15.1 Å². The molecule has 3 aromatic rings. The van der Waals surface area contributed by atoms with Crippen molar-refractivity contribution in [3.8, 4) is 17.2 Å². The Balaban J connectivity index is 1.49. The molecule has 0 saturated heterocycles. The first-order chi connectivity index (χ1) is 13.1. The molecule has 1 aliphatic rings. The first-order valence-corrected chi connectivity index (χ1v) is 8.60. The molecule has 0 unspecified atom stereocenters. The van der Waals surface area contributed by atoms with Crippen LogP contribution in [0.2, 0.25) is 0 Å². The van der Waals surface area contributed by atoms with Gasteiger partial charge in [-0.1, -0.05) is 18.2 Å². The quantitative estimate of drug-likeness (QED) is 0.770. The van der Waals surface area contributed by atoms with E-state index in [2.05, 4.69) is 10.4 Å². The number of para-hydroxylation sites is 1. The van der Waals surface area contributed by atoms with E-state index in [1.165, 1.54) is 16.9 Å². The van der Waals surface area contributed by atoms with Crippen molar-refractivity contribution in [2.75, 3.05) is 13.2 Å². The normalized spacial score (nSPS) is 12.7. The third-order valence-corrected chi connectivity index (χ3v) is 4.39. The average Bonchev–Trinajstić information content (AvgIpc) is 3.07. The second-order valence-electron chi connectivity index (χ2n) is 6.17. The summed E-state index contributed by atoms with van der Waals surface area (Å²) in [5.41, 5.74) is 2.17. The number of carbonyl (C=O) groups is 1. The number of amides is 1. The lowest BCUT2D eigenvalue weighted by Crippen LogP contribution is -2.23. The van der Waals surface area contributed by atoms with Crippen molar-refractivity contribution in [2.24, 2.45) is 0 Å². The molecule has 0 radical (unpaired) electrons. The molecule has 2 aromatic carbocycles. The van der Waals surface area contributed by atoms with Gasteiger partial charge in [-0.15, -0.1) is 0 Å². The van der Waals surface area contributed by atoms with Gasteiger partial charge in [-0.3, -0.25) is 4.79 Å². The highest BCUT2D eigenvalue weighted by Crippen LogP contribution is 2.30. The molecule has 0 aliphatic carbocycles. The highest BCUT2D eigenvalue weighted by molar-refractivity contribution is 5.95. The van der Waals surface area contributed by atoms with Crippen LogP contribution in [-0.4, -0.2) is 28.9 Å². The van der Waals surface area contributed by atoms with Crippen molar-refractivity contribution in [3.63, 3.8) is 0 Å². The van der Waals surface area contributed by atoms with Gasteiger partial charge >= 0.3 is 0 Å². The van der Waals surface area contributed by atoms with E-state index in [1.807, 2.05) is 18.2 Å². The summed E-state index contributed by atoms with van der Waals surface area (Å²) >= 11 is 0. The molecule has 0 saturated carbocycles. The molecule has 27 heavy (non-hydrogen) atoms. The lowest BCUT2D eigenvalue weighted by Gasteiger charge is -2.19. The van der Waals surface area contributed by atoms with Gasteiger partial charge < -0.3 is 14.8 Å². The topological polar surface area (TPSA) is 65.4 Å². The van der Waals surface area contributed by atoms with E-state index in [4.69, 9.17) is 9.47 Å². The van der Waals surface area contributed by atoms with Gasteiger partial charge in [0.25, 0.3) is 5.91 Å². The molecule has 6 nitrogen and oxygen atoms in total. The average molecular weight is 367 g/mol. The number of fused-ring (bicyclic) bond motifs is 1. The first kappa shape index (κ1) is 17.1. The van der Waals surface area contributed by atoms with E-state index < -0.39 is 5.82 Å². The second kappa shape index (κ2) is 7.11. The number of aromatic nitrogens is 2. The van der Waals surface area contributed by atoms with Crippen LogP contribution in [0.1, 0.15) is 21.6 Å². The molecule has 1 aliphatic heterocycles. The number of rotatable bonds is 4. The van der Waals surface area contributed by atoms with Crippen molar-refractivity contribution in [1.29, 1.82) is 0 Å². The summed E-state index contributed by atoms with van der Waals surface area (Å²) in [6.45, 7) is 3.11. The Kier molecular flexibility index (Phi) is 4.50. The molecule has 0 spiro atoms. The Morgan fingerprint density at radius 3 is 2.78 bits per heavy atom. The van der Waals surface area contributed by atoms with Gasteiger partial charge in [0.05, 0.1) is 17.5 Å². The number of carbonyl (C=O) groups excluding carboxylic acids is 1. The first-order valence-electron chi connectivity index (χ1n) is 8.60. The van der Waals surface area contributed by atoms with Crippen molar-refractivity contribution in [3.05, 3.63) is 71.3 Å². The minimum absolute atomic E-state index is 0.273. The molecule has 1 amide bonds. The standard InChI is InChI=1S/C20H18FN3O3/c1-13-15(12-23-24(13)17-5-3-2-4-16(17)21)20(25)22-11-14-6-7-18-19(10-14)27-9-8-26-18/h2-7,10,12H,8-9,11H2,1H3,(H,22,25). The maximum absolute atomic E-state index is 14.0. The maximum atomic E-state index is 14.0. The van der Waals surface area contributed by atoms with E-state index in [0.717, 1.165) is 5.56 Å². The fourth-order valence-electron chi connectivity index (χ4n) is 2.97. The Bertz CT molecular complexity index is 1000. The molecule has 4 rings (SSSR count). The largest absolute Gasteiger partial charge is 0.486 e. The molecule has 2 heterocycles. The number of hydrogen-bond donors (Lipinski definition) is 1. The summed E-state index contributed by atoms with van der Waals surface area (Å²) < 4.78 is 26.5. The lowest BCUT2D eigenvalue weighted by atomic mass is 10.2. The van der Waals surface area contributed by atoms with Crippen LogP contribution < -0.4 is 14.8 Å². The van der Waals surface area contributed by atoms with Crippen molar-refractivity contribution >= 4 is 5.91 Å². The summed E-state index contributed by atoms with van der Waals surface area (Å²) in [5.74, 6) is 0.715. The zero-order valence-electron chi connectivity index (χ0n) is 14.7. The van der Waals surface area contributed by atoms with E-state index >= 15 is 0 Å². The van der Waals surface area contributed by atoms with E-state index in [-0.39, 0.29) is 5.91 Å². The minimum atomic E-state index is -0.396. The number of halogens is 1. The predicted octanol–water partition coefficient (Wildman–Crippen LogP) is 3.02. The summed E-state index contributed by atoms with van der Waals surface area (Å²) in [5, 5.41) is 7.02. The fraction of sp³-hybridized carbons (Fsp3) is 0.200. The second-order valence-corrected chi connectivity index (χ2v) is 6.17. The molecule has 138 valence electrons. The summed E-state index contributed by atoms with van der Waals surface area (Å²) in [7, 11) is 0. The molecule has 1 N–H and O–H groups in total. The number of nitrogens with zero attached hydrogens (tertiary/aromatic N) is 2. The van der Waals surface area contributed by atoms with Crippen LogP contribution in [0.5, 0.6) is 11.5 Å². The van der Waals surface area contributed by atoms with Gasteiger partial charge in [0, 0.05) is 6.54 Å². The van der Waals surface area contributed by atoms with Gasteiger partial charge in [0.2, 0.25) is 0 Å². The fourth-order valence-corrected chi connectivity index (χ4v) is 2.97. The number of benzene rings is 2. The molecular weight excluding hydrogens is 349 g/mol. The van der Waals surface area contributed by atoms with Gasteiger partial charge in [-0.25, -0.2) is 9.07 Å². The number of ether oxygens (including phenoxy) is 2. The monoisotopic (exact) mass is 367 g/mol. The van der Waals surface area contributed by atoms with Gasteiger partial charge in [0.15, 0.2) is 11.5 Å². The molecule has 7 heteroatoms. The van der Waals surface area contributed by atoms with Crippen LogP contribution in [-0.2, 0) is 6.54 Å². The van der Waals surface area contributed by atoms with Gasteiger partial charge in [-0.05, 0) is 36.8 Å². The van der Waals surface area contributed by atoms with E-state index in [1.54, 1.807) is 25.1 Å². The van der Waals surface area contributed by atoms with Crippen molar-refractivity contribution in [2.45, 2.75) is 13.5 Å². The minimum Gasteiger partial charge on any atom is -0.486 e. The highest BCUT2D eigenvalue weighted by Gasteiger charge is 2.17. The smallest absolute Gasteiger partial charge is 0.255 e. The summed E-state index contributed by atoms with van der Waals surface area (Å²) in [6.07, 6.45) is 1.45. The molecule has 0 fully saturated rings. The van der Waals surface area contributed by atoms with Crippen LogP contribution in [0.3, 0.4) is 0 Å². The highest BCUT2D eigenvalue weighted by atomic mass is 19.1.